The molecule has 3 atom stereocenters. The SMILES string of the molecule is COCCN1C[C@@H](NC(O)Nc2c3c(nn2-c2ccccc2)CS(=O)(=O)C3)[C@H](c2ccc(F)c(F)c2)C1. The van der Waals surface area contributed by atoms with Gasteiger partial charge in [0.1, 0.15) is 5.82 Å². The average Bonchev–Trinajstić information content (AvgIpc) is 3.50. The van der Waals surface area contributed by atoms with E-state index >= 15 is 0 Å². The van der Waals surface area contributed by atoms with Gasteiger partial charge in [-0.3, -0.25) is 10.2 Å². The van der Waals surface area contributed by atoms with Crippen LogP contribution in [0.3, 0.4) is 0 Å². The molecule has 1 unspecified atom stereocenters. The van der Waals surface area contributed by atoms with E-state index in [4.69, 9.17) is 4.74 Å². The van der Waals surface area contributed by atoms with Gasteiger partial charge in [0.15, 0.2) is 27.8 Å². The van der Waals surface area contributed by atoms with Gasteiger partial charge in [0, 0.05) is 44.3 Å². The quantitative estimate of drug-likeness (QED) is 0.359. The summed E-state index contributed by atoms with van der Waals surface area (Å²) in [5.74, 6) is -2.00. The second-order valence-electron chi connectivity index (χ2n) is 9.41. The lowest BCUT2D eigenvalue weighted by Crippen LogP contribution is -2.46. The molecule has 9 nitrogen and oxygen atoms in total. The molecule has 3 aromatic rings. The first kappa shape index (κ1) is 25.7. The number of ether oxygens (including phenoxy) is 1. The molecule has 0 aliphatic carbocycles. The van der Waals surface area contributed by atoms with Crippen molar-refractivity contribution in [2.24, 2.45) is 0 Å². The number of rotatable bonds is 9. The first-order chi connectivity index (χ1) is 17.7. The van der Waals surface area contributed by atoms with Gasteiger partial charge in [-0.25, -0.2) is 21.9 Å². The van der Waals surface area contributed by atoms with E-state index in [-0.39, 0.29) is 23.5 Å². The molecule has 0 amide bonds. The van der Waals surface area contributed by atoms with Crippen LogP contribution in [-0.4, -0.2) is 73.9 Å². The van der Waals surface area contributed by atoms with Crippen molar-refractivity contribution < 1.29 is 27.0 Å². The molecule has 2 aliphatic rings. The Morgan fingerprint density at radius 1 is 1.14 bits per heavy atom. The number of aliphatic hydroxyl groups is 1. The lowest BCUT2D eigenvalue weighted by Gasteiger charge is -2.25. The highest BCUT2D eigenvalue weighted by molar-refractivity contribution is 7.90. The van der Waals surface area contributed by atoms with Gasteiger partial charge < -0.3 is 15.2 Å². The molecule has 2 aliphatic heterocycles. The van der Waals surface area contributed by atoms with Crippen molar-refractivity contribution in [3.63, 3.8) is 0 Å². The fraction of sp³-hybridized carbons (Fsp3) is 0.400. The Hall–Kier alpha value is -2.90. The molecule has 5 rings (SSSR count). The minimum atomic E-state index is -3.31. The fourth-order valence-corrected chi connectivity index (χ4v) is 6.55. The second kappa shape index (κ2) is 10.5. The predicted molar refractivity (Wildman–Crippen MR) is 134 cm³/mol. The number of nitrogens with zero attached hydrogens (tertiary/aromatic N) is 3. The molecule has 0 saturated carbocycles. The molecule has 0 spiro atoms. The molecule has 1 saturated heterocycles. The number of likely N-dealkylation sites (tertiary alicyclic amines) is 1. The van der Waals surface area contributed by atoms with Gasteiger partial charge in [0.05, 0.1) is 29.5 Å². The number of sulfone groups is 1. The number of hydrogen-bond donors (Lipinski definition) is 3. The highest BCUT2D eigenvalue weighted by Gasteiger charge is 2.37. The maximum atomic E-state index is 14.0. The van der Waals surface area contributed by atoms with Crippen molar-refractivity contribution in [1.82, 2.24) is 20.0 Å². The molecule has 1 aromatic heterocycles. The van der Waals surface area contributed by atoms with Crippen molar-refractivity contribution in [1.29, 1.82) is 0 Å². The third-order valence-electron chi connectivity index (χ3n) is 6.81. The summed E-state index contributed by atoms with van der Waals surface area (Å²) >= 11 is 0. The summed E-state index contributed by atoms with van der Waals surface area (Å²) in [5, 5.41) is 21.7. The summed E-state index contributed by atoms with van der Waals surface area (Å²) in [6.07, 6.45) is -1.27. The third kappa shape index (κ3) is 5.53. The predicted octanol–water partition coefficient (Wildman–Crippen LogP) is 1.97. The van der Waals surface area contributed by atoms with Crippen LogP contribution in [0.2, 0.25) is 0 Å². The molecule has 198 valence electrons. The first-order valence-corrected chi connectivity index (χ1v) is 13.8. The molecule has 0 radical (unpaired) electrons. The normalized spacial score (nSPS) is 21.7. The minimum absolute atomic E-state index is 0.157. The van der Waals surface area contributed by atoms with E-state index in [1.807, 2.05) is 30.3 Å². The van der Waals surface area contributed by atoms with Gasteiger partial charge in [-0.05, 0) is 29.8 Å². The van der Waals surface area contributed by atoms with Crippen LogP contribution in [0.15, 0.2) is 48.5 Å². The van der Waals surface area contributed by atoms with E-state index in [2.05, 4.69) is 20.6 Å². The van der Waals surface area contributed by atoms with E-state index in [9.17, 15) is 22.3 Å². The van der Waals surface area contributed by atoms with E-state index in [1.165, 1.54) is 6.07 Å². The minimum Gasteiger partial charge on any atom is -0.383 e. The van der Waals surface area contributed by atoms with Crippen molar-refractivity contribution in [2.75, 3.05) is 38.7 Å². The highest BCUT2D eigenvalue weighted by atomic mass is 32.2. The Morgan fingerprint density at radius 2 is 1.92 bits per heavy atom. The standard InChI is InChI=1S/C25H29F2N5O4S/c1-36-10-9-31-12-18(16-7-8-20(26)21(27)11-16)22(13-31)28-25(33)29-24-19-14-37(34,35)15-23(19)30-32(24)17-5-3-2-4-6-17/h2-8,11,18,22,25,28-29,33H,9-10,12-15H2,1H3/t18-,22+,25?/m0/s1. The first-order valence-electron chi connectivity index (χ1n) is 12.0. The molecule has 3 N–H and O–H groups in total. The second-order valence-corrected chi connectivity index (χ2v) is 11.5. The summed E-state index contributed by atoms with van der Waals surface area (Å²) in [6, 6.07) is 12.8. The molecule has 2 aromatic carbocycles. The number of halogens is 2. The Bertz CT molecular complexity index is 1370. The Morgan fingerprint density at radius 3 is 2.65 bits per heavy atom. The Kier molecular flexibility index (Phi) is 7.28. The lowest BCUT2D eigenvalue weighted by molar-refractivity contribution is 0.139. The van der Waals surface area contributed by atoms with Crippen LogP contribution in [0.5, 0.6) is 0 Å². The summed E-state index contributed by atoms with van der Waals surface area (Å²) in [5.41, 5.74) is 2.31. The van der Waals surface area contributed by atoms with Crippen molar-refractivity contribution in [3.05, 3.63) is 77.0 Å². The number of methoxy groups -OCH3 is 1. The maximum Gasteiger partial charge on any atom is 0.182 e. The zero-order valence-electron chi connectivity index (χ0n) is 20.3. The Labute approximate surface area is 214 Å². The lowest BCUT2D eigenvalue weighted by atomic mass is 9.94. The van der Waals surface area contributed by atoms with Crippen LogP contribution in [-0.2, 0) is 26.1 Å². The van der Waals surface area contributed by atoms with Gasteiger partial charge in [-0.15, -0.1) is 0 Å². The average molecular weight is 534 g/mol. The van der Waals surface area contributed by atoms with Crippen molar-refractivity contribution >= 4 is 15.7 Å². The molecule has 3 heterocycles. The van der Waals surface area contributed by atoms with Gasteiger partial charge in [-0.2, -0.15) is 5.10 Å². The number of hydrogen-bond acceptors (Lipinski definition) is 8. The van der Waals surface area contributed by atoms with Gasteiger partial charge >= 0.3 is 0 Å². The zero-order valence-corrected chi connectivity index (χ0v) is 21.1. The van der Waals surface area contributed by atoms with Crippen LogP contribution in [0.25, 0.3) is 5.69 Å². The van der Waals surface area contributed by atoms with Gasteiger partial charge in [0.25, 0.3) is 0 Å². The number of anilines is 1. The number of benzene rings is 2. The zero-order chi connectivity index (χ0) is 26.2. The molecule has 12 heteroatoms. The van der Waals surface area contributed by atoms with Gasteiger partial charge in [0.2, 0.25) is 0 Å². The number of aliphatic hydroxyl groups excluding tert-OH is 1. The van der Waals surface area contributed by atoms with Crippen LogP contribution in [0, 0.1) is 11.6 Å². The largest absolute Gasteiger partial charge is 0.383 e. The maximum absolute atomic E-state index is 14.0. The molecule has 37 heavy (non-hydrogen) atoms. The topological polar surface area (TPSA) is 109 Å². The molecule has 1 fully saturated rings. The molecule has 0 bridgehead atoms. The summed E-state index contributed by atoms with van der Waals surface area (Å²) in [4.78, 5) is 2.12. The highest BCUT2D eigenvalue weighted by Crippen LogP contribution is 2.34. The van der Waals surface area contributed by atoms with E-state index in [0.717, 1.165) is 11.8 Å². The van der Waals surface area contributed by atoms with Crippen molar-refractivity contribution in [3.8, 4) is 5.69 Å². The monoisotopic (exact) mass is 533 g/mol. The van der Waals surface area contributed by atoms with Crippen LogP contribution in [0.4, 0.5) is 14.6 Å². The summed E-state index contributed by atoms with van der Waals surface area (Å²) < 4.78 is 58.9. The van der Waals surface area contributed by atoms with Gasteiger partial charge in [-0.1, -0.05) is 24.3 Å². The van der Waals surface area contributed by atoms with Crippen LogP contribution >= 0.6 is 0 Å². The van der Waals surface area contributed by atoms with Crippen molar-refractivity contribution in [2.45, 2.75) is 29.8 Å². The number of fused-ring (bicyclic) bond motifs is 1. The van der Waals surface area contributed by atoms with Crippen LogP contribution in [0.1, 0.15) is 22.7 Å². The fourth-order valence-electron chi connectivity index (χ4n) is 5.06. The van der Waals surface area contributed by atoms with E-state index in [0.29, 0.717) is 48.9 Å². The molecular formula is C25H29F2N5O4S. The number of nitrogens with one attached hydrogen (secondary N) is 2. The summed E-state index contributed by atoms with van der Waals surface area (Å²) in [7, 11) is -1.70. The number of aromatic nitrogens is 2. The smallest absolute Gasteiger partial charge is 0.182 e. The Balaban J connectivity index is 1.39. The summed E-state index contributed by atoms with van der Waals surface area (Å²) in [6.45, 7) is 2.25. The van der Waals surface area contributed by atoms with Crippen LogP contribution < -0.4 is 10.6 Å². The third-order valence-corrected chi connectivity index (χ3v) is 8.25. The number of para-hydroxylation sites is 1. The van der Waals surface area contributed by atoms with E-state index in [1.54, 1.807) is 17.9 Å². The molecular weight excluding hydrogens is 504 g/mol. The van der Waals surface area contributed by atoms with E-state index < -0.39 is 27.8 Å².